The highest BCUT2D eigenvalue weighted by Gasteiger charge is 2.24. The van der Waals surface area contributed by atoms with Crippen LogP contribution in [0.5, 0.6) is 0 Å². The molecule has 0 spiro atoms. The Kier molecular flexibility index (Phi) is 11.0. The van der Waals surface area contributed by atoms with Crippen molar-refractivity contribution in [1.82, 2.24) is 20.5 Å². The van der Waals surface area contributed by atoms with Crippen LogP contribution in [-0.2, 0) is 17.6 Å². The zero-order valence-corrected chi connectivity index (χ0v) is 20.4. The zero-order chi connectivity index (χ0) is 18.9. The van der Waals surface area contributed by atoms with Gasteiger partial charge in [-0.2, -0.15) is 0 Å². The summed E-state index contributed by atoms with van der Waals surface area (Å²) in [6, 6.07) is 0.519. The van der Waals surface area contributed by atoms with Crippen LogP contribution in [0, 0.1) is 5.92 Å². The number of rotatable bonds is 8. The van der Waals surface area contributed by atoms with Crippen molar-refractivity contribution < 1.29 is 4.74 Å². The average molecular weight is 522 g/mol. The summed E-state index contributed by atoms with van der Waals surface area (Å²) >= 11 is 1.81. The highest BCUT2D eigenvalue weighted by atomic mass is 127. The molecule has 0 aromatic carbocycles. The summed E-state index contributed by atoms with van der Waals surface area (Å²) in [5.74, 6) is 1.69. The molecule has 1 aromatic rings. The molecule has 1 atom stereocenters. The largest absolute Gasteiger partial charge is 0.381 e. The number of aryl methyl sites for hydroxylation is 1. The van der Waals surface area contributed by atoms with Crippen molar-refractivity contribution in [3.8, 4) is 0 Å². The number of nitrogens with zero attached hydrogens (tertiary/aromatic N) is 3. The highest BCUT2D eigenvalue weighted by Crippen LogP contribution is 2.18. The van der Waals surface area contributed by atoms with Gasteiger partial charge >= 0.3 is 0 Å². The van der Waals surface area contributed by atoms with Gasteiger partial charge in [0.2, 0.25) is 0 Å². The van der Waals surface area contributed by atoms with Gasteiger partial charge in [0.25, 0.3) is 0 Å². The number of thiazole rings is 1. The third-order valence-electron chi connectivity index (χ3n) is 5.36. The molecule has 3 heterocycles. The quantitative estimate of drug-likeness (QED) is 0.313. The minimum Gasteiger partial charge on any atom is -0.381 e. The first-order valence-electron chi connectivity index (χ1n) is 10.5. The minimum absolute atomic E-state index is 0. The van der Waals surface area contributed by atoms with E-state index in [1.165, 1.54) is 48.8 Å². The van der Waals surface area contributed by atoms with Crippen molar-refractivity contribution in [2.24, 2.45) is 10.9 Å². The summed E-state index contributed by atoms with van der Waals surface area (Å²) in [5.41, 5.74) is 0. The second-order valence-electron chi connectivity index (χ2n) is 7.53. The molecule has 1 unspecified atom stereocenters. The van der Waals surface area contributed by atoms with E-state index in [4.69, 9.17) is 9.73 Å². The number of piperidine rings is 1. The SMILES string of the molecule is CCNC(=NCCc1ncc(CC)s1)NC1CCN(CC2CCOC2)CC1.I. The topological polar surface area (TPSA) is 61.8 Å². The summed E-state index contributed by atoms with van der Waals surface area (Å²) in [7, 11) is 0. The third-order valence-corrected chi connectivity index (χ3v) is 6.56. The molecule has 0 amide bonds. The monoisotopic (exact) mass is 521 g/mol. The van der Waals surface area contributed by atoms with E-state index < -0.39 is 0 Å². The Morgan fingerprint density at radius 3 is 2.79 bits per heavy atom. The lowest BCUT2D eigenvalue weighted by Gasteiger charge is -2.34. The van der Waals surface area contributed by atoms with E-state index in [1.54, 1.807) is 0 Å². The van der Waals surface area contributed by atoms with Crippen molar-refractivity contribution in [1.29, 1.82) is 0 Å². The van der Waals surface area contributed by atoms with E-state index in [0.29, 0.717) is 6.04 Å². The fraction of sp³-hybridized carbons (Fsp3) is 0.800. The number of nitrogens with one attached hydrogen (secondary N) is 2. The van der Waals surface area contributed by atoms with Crippen molar-refractivity contribution in [3.05, 3.63) is 16.1 Å². The van der Waals surface area contributed by atoms with Crippen molar-refractivity contribution in [3.63, 3.8) is 0 Å². The van der Waals surface area contributed by atoms with Crippen LogP contribution in [-0.4, -0.2) is 67.8 Å². The molecule has 1 aromatic heterocycles. The van der Waals surface area contributed by atoms with Gasteiger partial charge in [0.05, 0.1) is 11.6 Å². The van der Waals surface area contributed by atoms with E-state index in [1.807, 2.05) is 17.5 Å². The average Bonchev–Trinajstić information content (AvgIpc) is 3.35. The number of ether oxygens (including phenoxy) is 1. The smallest absolute Gasteiger partial charge is 0.191 e. The summed E-state index contributed by atoms with van der Waals surface area (Å²) in [5, 5.41) is 8.23. The highest BCUT2D eigenvalue weighted by molar-refractivity contribution is 14.0. The van der Waals surface area contributed by atoms with Gasteiger partial charge in [-0.25, -0.2) is 4.98 Å². The van der Waals surface area contributed by atoms with Crippen LogP contribution >= 0.6 is 35.3 Å². The molecule has 0 aliphatic carbocycles. The first kappa shape index (κ1) is 23.8. The van der Waals surface area contributed by atoms with Gasteiger partial charge in [-0.1, -0.05) is 6.92 Å². The lowest BCUT2D eigenvalue weighted by molar-refractivity contribution is 0.150. The maximum Gasteiger partial charge on any atom is 0.191 e. The van der Waals surface area contributed by atoms with Crippen LogP contribution in [0.2, 0.25) is 0 Å². The second kappa shape index (κ2) is 13.0. The van der Waals surface area contributed by atoms with Gasteiger partial charge in [0.1, 0.15) is 0 Å². The minimum atomic E-state index is 0. The maximum atomic E-state index is 5.51. The lowest BCUT2D eigenvalue weighted by atomic mass is 10.0. The molecular weight excluding hydrogens is 485 g/mol. The fourth-order valence-corrected chi connectivity index (χ4v) is 4.61. The van der Waals surface area contributed by atoms with Gasteiger partial charge in [0.15, 0.2) is 5.96 Å². The van der Waals surface area contributed by atoms with Crippen LogP contribution in [0.4, 0.5) is 0 Å². The Morgan fingerprint density at radius 2 is 2.14 bits per heavy atom. The Morgan fingerprint density at radius 1 is 1.32 bits per heavy atom. The van der Waals surface area contributed by atoms with Crippen molar-refractivity contribution >= 4 is 41.3 Å². The molecule has 2 N–H and O–H groups in total. The predicted molar refractivity (Wildman–Crippen MR) is 128 cm³/mol. The molecule has 160 valence electrons. The molecule has 6 nitrogen and oxygen atoms in total. The Bertz CT molecular complexity index is 583. The summed E-state index contributed by atoms with van der Waals surface area (Å²) in [6.45, 7) is 11.4. The molecule has 2 fully saturated rings. The number of guanidine groups is 1. The van der Waals surface area contributed by atoms with Crippen LogP contribution in [0.1, 0.15) is 43.0 Å². The van der Waals surface area contributed by atoms with Crippen LogP contribution in [0.15, 0.2) is 11.2 Å². The molecule has 0 bridgehead atoms. The molecule has 0 saturated carbocycles. The first-order valence-corrected chi connectivity index (χ1v) is 11.4. The van der Waals surface area contributed by atoms with E-state index in [-0.39, 0.29) is 24.0 Å². The predicted octanol–water partition coefficient (Wildman–Crippen LogP) is 2.92. The Balaban J connectivity index is 0.00000280. The Labute approximate surface area is 190 Å². The number of hydrogen-bond acceptors (Lipinski definition) is 5. The Hall–Kier alpha value is -0.450. The van der Waals surface area contributed by atoms with Gasteiger partial charge in [-0.15, -0.1) is 35.3 Å². The molecule has 2 aliphatic rings. The zero-order valence-electron chi connectivity index (χ0n) is 17.3. The summed E-state index contributed by atoms with van der Waals surface area (Å²) in [6.07, 6.45) is 7.59. The van der Waals surface area contributed by atoms with Gasteiger partial charge in [-0.05, 0) is 38.5 Å². The summed E-state index contributed by atoms with van der Waals surface area (Å²) in [4.78, 5) is 13.2. The van der Waals surface area contributed by atoms with E-state index in [0.717, 1.165) is 51.0 Å². The van der Waals surface area contributed by atoms with Crippen LogP contribution in [0.3, 0.4) is 0 Å². The van der Waals surface area contributed by atoms with Gasteiger partial charge in [0, 0.05) is 62.9 Å². The van der Waals surface area contributed by atoms with Gasteiger partial charge < -0.3 is 20.3 Å². The number of halogens is 1. The normalized spacial score (nSPS) is 21.5. The molecule has 0 radical (unpaired) electrons. The van der Waals surface area contributed by atoms with E-state index >= 15 is 0 Å². The number of aliphatic imine (C=N–C) groups is 1. The molecule has 2 aliphatic heterocycles. The van der Waals surface area contributed by atoms with Gasteiger partial charge in [-0.3, -0.25) is 4.99 Å². The number of likely N-dealkylation sites (tertiary alicyclic amines) is 1. The molecular formula is C20H36IN5OS. The van der Waals surface area contributed by atoms with Crippen molar-refractivity contribution in [2.45, 2.75) is 52.0 Å². The van der Waals surface area contributed by atoms with E-state index in [9.17, 15) is 0 Å². The molecule has 8 heteroatoms. The molecule has 28 heavy (non-hydrogen) atoms. The first-order chi connectivity index (χ1) is 13.3. The number of hydrogen-bond donors (Lipinski definition) is 2. The van der Waals surface area contributed by atoms with Crippen LogP contribution in [0.25, 0.3) is 0 Å². The summed E-state index contributed by atoms with van der Waals surface area (Å²) < 4.78 is 5.51. The van der Waals surface area contributed by atoms with E-state index in [2.05, 4.69) is 34.4 Å². The fourth-order valence-electron chi connectivity index (χ4n) is 3.76. The number of aromatic nitrogens is 1. The maximum absolute atomic E-state index is 5.51. The molecule has 2 saturated heterocycles. The van der Waals surface area contributed by atoms with Crippen molar-refractivity contribution in [2.75, 3.05) is 45.9 Å². The third kappa shape index (κ3) is 7.76. The standard InChI is InChI=1S/C20H35N5OS.HI/c1-3-18-13-23-19(27-18)5-9-22-20(21-4-2)24-17-6-10-25(11-7-17)14-16-8-12-26-15-16;/h13,16-17H,3-12,14-15H2,1-2H3,(H2,21,22,24);1H. The molecule has 3 rings (SSSR count). The van der Waals surface area contributed by atoms with Crippen LogP contribution < -0.4 is 10.6 Å². The lowest BCUT2D eigenvalue weighted by Crippen LogP contribution is -2.49. The second-order valence-corrected chi connectivity index (χ2v) is 8.73.